The summed E-state index contributed by atoms with van der Waals surface area (Å²) in [6, 6.07) is 5.59. The number of benzene rings is 1. The lowest BCUT2D eigenvalue weighted by molar-refractivity contribution is 0.0600. The maximum Gasteiger partial charge on any atom is 0.337 e. The third-order valence-electron chi connectivity index (χ3n) is 2.75. The summed E-state index contributed by atoms with van der Waals surface area (Å²) in [6.07, 6.45) is 1.11. The van der Waals surface area contributed by atoms with E-state index >= 15 is 0 Å². The summed E-state index contributed by atoms with van der Waals surface area (Å²) in [6.45, 7) is 0. The number of fused-ring (bicyclic) bond motifs is 1. The Bertz CT molecular complexity index is 567. The Morgan fingerprint density at radius 1 is 1.26 bits per heavy atom. The van der Waals surface area contributed by atoms with E-state index in [0.717, 1.165) is 16.8 Å². The van der Waals surface area contributed by atoms with Crippen molar-refractivity contribution in [1.29, 1.82) is 0 Å². The quantitative estimate of drug-likeness (QED) is 0.473. The van der Waals surface area contributed by atoms with Gasteiger partial charge in [-0.2, -0.15) is 0 Å². The number of carbonyl (C=O) groups is 1. The van der Waals surface area contributed by atoms with E-state index in [2.05, 4.69) is 4.74 Å². The van der Waals surface area contributed by atoms with Gasteiger partial charge in [-0.25, -0.2) is 13.2 Å². The highest BCUT2D eigenvalue weighted by Crippen LogP contribution is 2.65. The molecule has 1 aromatic carbocycles. The summed E-state index contributed by atoms with van der Waals surface area (Å²) >= 11 is 7.56. The van der Waals surface area contributed by atoms with E-state index < -0.39 is 15.8 Å². The normalized spacial score (nSPS) is 26.6. The van der Waals surface area contributed by atoms with Crippen LogP contribution in [0.1, 0.15) is 10.4 Å². The fourth-order valence-corrected chi connectivity index (χ4v) is 3.56. The van der Waals surface area contributed by atoms with Crippen molar-refractivity contribution in [2.24, 2.45) is 0 Å². The van der Waals surface area contributed by atoms with Gasteiger partial charge in [0, 0.05) is 16.8 Å². The first-order chi connectivity index (χ1) is 8.84. The van der Waals surface area contributed by atoms with Gasteiger partial charge in [0.25, 0.3) is 0 Å². The first kappa shape index (κ1) is 14.7. The molecular weight excluding hydrogens is 308 g/mol. The van der Waals surface area contributed by atoms with Crippen LogP contribution >= 0.6 is 23.4 Å². The number of alkyl halides is 1. The van der Waals surface area contributed by atoms with Gasteiger partial charge in [-0.05, 0) is 24.3 Å². The molecule has 104 valence electrons. The van der Waals surface area contributed by atoms with Crippen LogP contribution in [0.5, 0.6) is 0 Å². The Labute approximate surface area is 121 Å². The second-order valence-corrected chi connectivity index (χ2v) is 8.18. The van der Waals surface area contributed by atoms with Crippen LogP contribution in [0.25, 0.3) is 0 Å². The molecule has 2 aliphatic rings. The van der Waals surface area contributed by atoms with Crippen molar-refractivity contribution >= 4 is 39.2 Å². The van der Waals surface area contributed by atoms with Gasteiger partial charge in [0.2, 0.25) is 0 Å². The highest BCUT2D eigenvalue weighted by molar-refractivity contribution is 8.10. The van der Waals surface area contributed by atoms with Crippen LogP contribution < -0.4 is 0 Å². The summed E-state index contributed by atoms with van der Waals surface area (Å²) in [5.41, 5.74) is 0.333. The Kier molecular flexibility index (Phi) is 4.13. The van der Waals surface area contributed by atoms with Crippen molar-refractivity contribution in [2.45, 2.75) is 20.8 Å². The van der Waals surface area contributed by atoms with Crippen LogP contribution in [0.3, 0.4) is 0 Å². The average Bonchev–Trinajstić information content (AvgIpc) is 3.28. The van der Waals surface area contributed by atoms with Gasteiger partial charge in [0.05, 0.1) is 22.9 Å². The molecule has 1 aromatic rings. The van der Waals surface area contributed by atoms with E-state index in [1.165, 1.54) is 31.4 Å². The highest BCUT2D eigenvalue weighted by atomic mass is 35.5. The van der Waals surface area contributed by atoms with Crippen molar-refractivity contribution in [3.05, 3.63) is 29.8 Å². The molecule has 1 saturated carbocycles. The number of hydrogen-bond acceptors (Lipinski definition) is 5. The summed E-state index contributed by atoms with van der Waals surface area (Å²) in [5, 5.41) is 2.38. The monoisotopic (exact) mass is 320 g/mol. The fraction of sp³-hybridized carbons (Fsp3) is 0.417. The molecule has 0 bridgehead atoms. The van der Waals surface area contributed by atoms with E-state index in [1.54, 1.807) is 0 Å². The molecule has 0 aromatic heterocycles. The summed E-state index contributed by atoms with van der Waals surface area (Å²) in [7, 11) is -1.93. The number of hydrogen-bond donors (Lipinski definition) is 0. The van der Waals surface area contributed by atoms with Gasteiger partial charge in [-0.3, -0.25) is 0 Å². The van der Waals surface area contributed by atoms with Gasteiger partial charge in [0.1, 0.15) is 0 Å². The third-order valence-corrected chi connectivity index (χ3v) is 6.21. The lowest BCUT2D eigenvalue weighted by Gasteiger charge is -2.00. The summed E-state index contributed by atoms with van der Waals surface area (Å²) in [5.74, 6) is -0.481. The first-order valence-corrected chi connectivity index (χ1v) is 8.79. The standard InChI is InChI=1S/C9H10O4S.C3H3ClS/c1-13-9(10)7-3-5-8(6-4-7)14(2,11)12;4-1-2-3(1)5-2/h3-6H,1-2H3;1-3H. The van der Waals surface area contributed by atoms with Crippen LogP contribution in [0.2, 0.25) is 0 Å². The maximum absolute atomic E-state index is 11.1. The number of halogens is 1. The van der Waals surface area contributed by atoms with Gasteiger partial charge in [0.15, 0.2) is 9.84 Å². The van der Waals surface area contributed by atoms with E-state index in [-0.39, 0.29) is 4.90 Å². The zero-order valence-electron chi connectivity index (χ0n) is 10.4. The van der Waals surface area contributed by atoms with Gasteiger partial charge < -0.3 is 4.74 Å². The zero-order chi connectivity index (χ0) is 14.2. The van der Waals surface area contributed by atoms with E-state index in [0.29, 0.717) is 10.9 Å². The lowest BCUT2D eigenvalue weighted by Crippen LogP contribution is -2.02. The largest absolute Gasteiger partial charge is 0.465 e. The molecule has 0 N–H and O–H groups in total. The minimum absolute atomic E-state index is 0.185. The minimum atomic E-state index is -3.20. The molecule has 1 aliphatic carbocycles. The topological polar surface area (TPSA) is 60.4 Å². The summed E-state index contributed by atoms with van der Waals surface area (Å²) in [4.78, 5) is 11.2. The van der Waals surface area contributed by atoms with Crippen molar-refractivity contribution in [2.75, 3.05) is 13.4 Å². The molecule has 0 radical (unpaired) electrons. The first-order valence-electron chi connectivity index (χ1n) is 5.52. The van der Waals surface area contributed by atoms with Crippen LogP contribution in [0.15, 0.2) is 29.2 Å². The molecule has 19 heavy (non-hydrogen) atoms. The van der Waals surface area contributed by atoms with Crippen LogP contribution in [0, 0.1) is 0 Å². The molecule has 2 fully saturated rings. The van der Waals surface area contributed by atoms with Gasteiger partial charge in [-0.1, -0.05) is 0 Å². The molecule has 1 heterocycles. The maximum atomic E-state index is 11.1. The Balaban J connectivity index is 0.000000215. The van der Waals surface area contributed by atoms with Crippen molar-refractivity contribution in [3.63, 3.8) is 0 Å². The molecule has 0 amide bonds. The molecule has 2 atom stereocenters. The Morgan fingerprint density at radius 3 is 2.00 bits per heavy atom. The summed E-state index contributed by atoms with van der Waals surface area (Å²) < 4.78 is 26.6. The SMILES string of the molecule is COC(=O)c1ccc(S(C)(=O)=O)cc1.ClC1C2SC12. The van der Waals surface area contributed by atoms with Crippen molar-refractivity contribution in [3.8, 4) is 0 Å². The smallest absolute Gasteiger partial charge is 0.337 e. The molecule has 1 aliphatic heterocycles. The van der Waals surface area contributed by atoms with Crippen molar-refractivity contribution < 1.29 is 17.9 Å². The number of thioether (sulfide) groups is 1. The van der Waals surface area contributed by atoms with Crippen LogP contribution in [-0.4, -0.2) is 43.6 Å². The minimum Gasteiger partial charge on any atom is -0.465 e. The van der Waals surface area contributed by atoms with Crippen LogP contribution in [-0.2, 0) is 14.6 Å². The highest BCUT2D eigenvalue weighted by Gasteiger charge is 2.65. The van der Waals surface area contributed by atoms with E-state index in [4.69, 9.17) is 11.6 Å². The number of rotatable bonds is 2. The number of ether oxygens (including phenoxy) is 1. The lowest BCUT2D eigenvalue weighted by atomic mass is 10.2. The number of esters is 1. The Morgan fingerprint density at radius 2 is 1.74 bits per heavy atom. The molecule has 7 heteroatoms. The predicted molar refractivity (Wildman–Crippen MR) is 75.7 cm³/mol. The van der Waals surface area contributed by atoms with E-state index in [9.17, 15) is 13.2 Å². The molecule has 3 rings (SSSR count). The van der Waals surface area contributed by atoms with Gasteiger partial charge >= 0.3 is 5.97 Å². The van der Waals surface area contributed by atoms with Gasteiger partial charge in [-0.15, -0.1) is 23.4 Å². The average molecular weight is 321 g/mol. The number of carbonyl (C=O) groups excluding carboxylic acids is 1. The molecular formula is C12H13ClO4S2. The molecule has 1 saturated heterocycles. The van der Waals surface area contributed by atoms with Crippen molar-refractivity contribution in [1.82, 2.24) is 0 Å². The molecule has 4 nitrogen and oxygen atoms in total. The van der Waals surface area contributed by atoms with Crippen LogP contribution in [0.4, 0.5) is 0 Å². The fourth-order valence-electron chi connectivity index (χ4n) is 1.38. The number of sulfone groups is 1. The van der Waals surface area contributed by atoms with E-state index in [1.807, 2.05) is 11.8 Å². The zero-order valence-corrected chi connectivity index (χ0v) is 12.8. The Hall–Kier alpha value is -0.720. The second kappa shape index (κ2) is 5.34. The third kappa shape index (κ3) is 3.64. The number of methoxy groups -OCH3 is 1. The molecule has 0 spiro atoms. The second-order valence-electron chi connectivity index (χ2n) is 4.30. The predicted octanol–water partition coefficient (Wildman–Crippen LogP) is 1.97. The molecule has 2 unspecified atom stereocenters.